The van der Waals surface area contributed by atoms with E-state index in [2.05, 4.69) is 26.1 Å². The van der Waals surface area contributed by atoms with Crippen LogP contribution >= 0.6 is 15.9 Å². The van der Waals surface area contributed by atoms with Gasteiger partial charge in [0, 0.05) is 28.0 Å². The number of halogens is 1. The Labute approximate surface area is 115 Å². The van der Waals surface area contributed by atoms with Crippen LogP contribution < -0.4 is 0 Å². The quantitative estimate of drug-likeness (QED) is 0.638. The summed E-state index contributed by atoms with van der Waals surface area (Å²) >= 11 is 3.42. The van der Waals surface area contributed by atoms with Crippen LogP contribution in [-0.4, -0.2) is 17.3 Å². The minimum Gasteiger partial charge on any atom is -0.396 e. The Bertz CT molecular complexity index is 523. The molecule has 0 saturated carbocycles. The van der Waals surface area contributed by atoms with Gasteiger partial charge in [-0.3, -0.25) is 4.98 Å². The lowest BCUT2D eigenvalue weighted by molar-refractivity contribution is 0.159. The zero-order valence-corrected chi connectivity index (χ0v) is 11.6. The Balaban J connectivity index is 2.40. The molecular weight excluding hydrogens is 292 g/mol. The molecule has 18 heavy (non-hydrogen) atoms. The summed E-state index contributed by atoms with van der Waals surface area (Å²) in [6.45, 7) is 2.45. The second kappa shape index (κ2) is 6.31. The van der Waals surface area contributed by atoms with E-state index in [4.69, 9.17) is 4.84 Å². The first-order valence-electron chi connectivity index (χ1n) is 5.67. The lowest BCUT2D eigenvalue weighted by Gasteiger charge is -2.06. The van der Waals surface area contributed by atoms with Gasteiger partial charge < -0.3 is 4.84 Å². The molecule has 2 aromatic rings. The average molecular weight is 305 g/mol. The fourth-order valence-electron chi connectivity index (χ4n) is 1.51. The van der Waals surface area contributed by atoms with Crippen LogP contribution in [0.1, 0.15) is 18.1 Å². The summed E-state index contributed by atoms with van der Waals surface area (Å²) in [5.41, 5.74) is 2.73. The van der Waals surface area contributed by atoms with Crippen LogP contribution in [-0.2, 0) is 4.84 Å². The number of aromatic nitrogens is 1. The minimum atomic E-state index is 0.542. The third-order valence-corrected chi connectivity index (χ3v) is 2.87. The molecule has 92 valence electrons. The number of hydrogen-bond donors (Lipinski definition) is 0. The van der Waals surface area contributed by atoms with Gasteiger partial charge in [0.05, 0.1) is 0 Å². The Morgan fingerprint density at radius 3 is 2.61 bits per heavy atom. The molecule has 1 aromatic heterocycles. The lowest BCUT2D eigenvalue weighted by Crippen LogP contribution is -2.04. The summed E-state index contributed by atoms with van der Waals surface area (Å²) in [6, 6.07) is 11.8. The standard InChI is InChI=1S/C14H13BrN2O/c1-2-18-17-14(12-4-3-9-16-10-12)11-5-7-13(15)8-6-11/h3-10H,2H2,1H3/b17-14+. The molecule has 0 spiro atoms. The van der Waals surface area contributed by atoms with Gasteiger partial charge in [-0.2, -0.15) is 0 Å². The zero-order valence-electron chi connectivity index (χ0n) is 10.0. The maximum Gasteiger partial charge on any atom is 0.118 e. The third-order valence-electron chi connectivity index (χ3n) is 2.34. The Morgan fingerprint density at radius 2 is 2.00 bits per heavy atom. The van der Waals surface area contributed by atoms with Gasteiger partial charge in [0.1, 0.15) is 12.3 Å². The molecule has 0 atom stereocenters. The summed E-state index contributed by atoms with van der Waals surface area (Å²) in [7, 11) is 0. The predicted molar refractivity (Wildman–Crippen MR) is 75.6 cm³/mol. The van der Waals surface area contributed by atoms with E-state index in [1.54, 1.807) is 12.4 Å². The summed E-state index contributed by atoms with van der Waals surface area (Å²) in [6.07, 6.45) is 3.52. The minimum absolute atomic E-state index is 0.542. The fourth-order valence-corrected chi connectivity index (χ4v) is 1.78. The fraction of sp³-hybridized carbons (Fsp3) is 0.143. The summed E-state index contributed by atoms with van der Waals surface area (Å²) in [5.74, 6) is 0. The zero-order chi connectivity index (χ0) is 12.8. The van der Waals surface area contributed by atoms with Crippen molar-refractivity contribution in [2.45, 2.75) is 6.92 Å². The number of pyridine rings is 1. The van der Waals surface area contributed by atoms with E-state index in [0.29, 0.717) is 6.61 Å². The van der Waals surface area contributed by atoms with Crippen molar-refractivity contribution in [2.24, 2.45) is 5.16 Å². The van der Waals surface area contributed by atoms with Crippen LogP contribution in [0.2, 0.25) is 0 Å². The van der Waals surface area contributed by atoms with E-state index in [1.807, 2.05) is 43.3 Å². The summed E-state index contributed by atoms with van der Waals surface area (Å²) < 4.78 is 1.04. The van der Waals surface area contributed by atoms with Crippen LogP contribution in [0.5, 0.6) is 0 Å². The van der Waals surface area contributed by atoms with Gasteiger partial charge in [-0.05, 0) is 31.2 Å². The second-order valence-corrected chi connectivity index (χ2v) is 4.52. The van der Waals surface area contributed by atoms with Gasteiger partial charge in [0.15, 0.2) is 0 Å². The smallest absolute Gasteiger partial charge is 0.118 e. The molecule has 2 rings (SSSR count). The molecule has 4 heteroatoms. The molecule has 1 heterocycles. The molecule has 0 radical (unpaired) electrons. The van der Waals surface area contributed by atoms with Crippen LogP contribution in [0.25, 0.3) is 0 Å². The second-order valence-electron chi connectivity index (χ2n) is 3.61. The van der Waals surface area contributed by atoms with Gasteiger partial charge in [0.2, 0.25) is 0 Å². The highest BCUT2D eigenvalue weighted by molar-refractivity contribution is 9.10. The van der Waals surface area contributed by atoms with Crippen molar-refractivity contribution in [3.63, 3.8) is 0 Å². The average Bonchev–Trinajstić information content (AvgIpc) is 2.42. The highest BCUT2D eigenvalue weighted by atomic mass is 79.9. The highest BCUT2D eigenvalue weighted by Crippen LogP contribution is 2.15. The first-order valence-corrected chi connectivity index (χ1v) is 6.47. The molecule has 0 fully saturated rings. The van der Waals surface area contributed by atoms with Gasteiger partial charge in [-0.25, -0.2) is 0 Å². The van der Waals surface area contributed by atoms with Crippen molar-refractivity contribution < 1.29 is 4.84 Å². The Hall–Kier alpha value is -1.68. The SMILES string of the molecule is CCO/N=C(\c1ccc(Br)cc1)c1cccnc1. The number of hydrogen-bond acceptors (Lipinski definition) is 3. The van der Waals surface area contributed by atoms with E-state index >= 15 is 0 Å². The van der Waals surface area contributed by atoms with Crippen molar-refractivity contribution in [1.29, 1.82) is 0 Å². The maximum atomic E-state index is 5.18. The number of benzene rings is 1. The molecule has 0 unspecified atom stereocenters. The van der Waals surface area contributed by atoms with Gasteiger partial charge in [-0.1, -0.05) is 33.2 Å². The predicted octanol–water partition coefficient (Wildman–Crippen LogP) is 3.63. The number of oxime groups is 1. The molecule has 0 aliphatic heterocycles. The van der Waals surface area contributed by atoms with Gasteiger partial charge >= 0.3 is 0 Å². The van der Waals surface area contributed by atoms with Crippen molar-refractivity contribution in [2.75, 3.05) is 6.61 Å². The molecule has 0 saturated heterocycles. The third kappa shape index (κ3) is 3.17. The van der Waals surface area contributed by atoms with E-state index < -0.39 is 0 Å². The van der Waals surface area contributed by atoms with Crippen LogP contribution in [0.15, 0.2) is 58.4 Å². The lowest BCUT2D eigenvalue weighted by atomic mass is 10.0. The molecule has 0 aliphatic carbocycles. The largest absolute Gasteiger partial charge is 0.396 e. The van der Waals surface area contributed by atoms with E-state index in [9.17, 15) is 0 Å². The van der Waals surface area contributed by atoms with E-state index in [0.717, 1.165) is 21.3 Å². The van der Waals surface area contributed by atoms with Crippen LogP contribution in [0.3, 0.4) is 0 Å². The van der Waals surface area contributed by atoms with Gasteiger partial charge in [0.25, 0.3) is 0 Å². The van der Waals surface area contributed by atoms with E-state index in [1.165, 1.54) is 0 Å². The maximum absolute atomic E-state index is 5.18. The number of nitrogens with zero attached hydrogens (tertiary/aromatic N) is 2. The Morgan fingerprint density at radius 1 is 1.22 bits per heavy atom. The molecule has 0 N–H and O–H groups in total. The molecule has 0 amide bonds. The van der Waals surface area contributed by atoms with E-state index in [-0.39, 0.29) is 0 Å². The van der Waals surface area contributed by atoms with Crippen molar-refractivity contribution in [3.05, 3.63) is 64.4 Å². The van der Waals surface area contributed by atoms with Gasteiger partial charge in [-0.15, -0.1) is 0 Å². The number of rotatable bonds is 4. The molecule has 3 nitrogen and oxygen atoms in total. The normalized spacial score (nSPS) is 11.3. The highest BCUT2D eigenvalue weighted by Gasteiger charge is 2.07. The Kier molecular flexibility index (Phi) is 4.47. The summed E-state index contributed by atoms with van der Waals surface area (Å²) in [5, 5.41) is 4.17. The molecular formula is C14H13BrN2O. The van der Waals surface area contributed by atoms with Crippen molar-refractivity contribution >= 4 is 21.6 Å². The molecule has 1 aromatic carbocycles. The molecule has 0 aliphatic rings. The monoisotopic (exact) mass is 304 g/mol. The first-order chi connectivity index (χ1) is 8.81. The van der Waals surface area contributed by atoms with Crippen molar-refractivity contribution in [3.8, 4) is 0 Å². The topological polar surface area (TPSA) is 34.5 Å². The summed E-state index contributed by atoms with van der Waals surface area (Å²) in [4.78, 5) is 9.29. The van der Waals surface area contributed by atoms with Crippen LogP contribution in [0.4, 0.5) is 0 Å². The van der Waals surface area contributed by atoms with Crippen LogP contribution in [0, 0.1) is 0 Å². The molecule has 0 bridgehead atoms. The first kappa shape index (κ1) is 12.8. The van der Waals surface area contributed by atoms with Crippen molar-refractivity contribution in [1.82, 2.24) is 4.98 Å².